The van der Waals surface area contributed by atoms with Crippen molar-refractivity contribution in [3.8, 4) is 11.1 Å². The highest BCUT2D eigenvalue weighted by atomic mass is 32.2. The van der Waals surface area contributed by atoms with Gasteiger partial charge in [-0.2, -0.15) is 0 Å². The minimum absolute atomic E-state index is 0.0617. The number of thioether (sulfide) groups is 1. The molecule has 0 unspecified atom stereocenters. The zero-order valence-electron chi connectivity index (χ0n) is 17.9. The van der Waals surface area contributed by atoms with Gasteiger partial charge in [-0.3, -0.25) is 14.5 Å². The molecule has 1 aliphatic rings. The molecule has 1 fully saturated rings. The molecule has 3 aromatic carbocycles. The Kier molecular flexibility index (Phi) is 7.20. The highest BCUT2D eigenvalue weighted by molar-refractivity contribution is 8.26. The van der Waals surface area contributed by atoms with Gasteiger partial charge in [-0.15, -0.1) is 0 Å². The van der Waals surface area contributed by atoms with Crippen LogP contribution in [-0.4, -0.2) is 38.7 Å². The van der Waals surface area contributed by atoms with Gasteiger partial charge < -0.3 is 10.4 Å². The minimum atomic E-state index is -1.03. The van der Waals surface area contributed by atoms with Crippen molar-refractivity contribution in [3.05, 3.63) is 94.9 Å². The van der Waals surface area contributed by atoms with Crippen LogP contribution in [0.4, 0.5) is 5.69 Å². The van der Waals surface area contributed by atoms with Crippen LogP contribution in [0, 0.1) is 0 Å². The second kappa shape index (κ2) is 10.5. The summed E-state index contributed by atoms with van der Waals surface area (Å²) in [7, 11) is 0. The third-order valence-electron chi connectivity index (χ3n) is 5.17. The highest BCUT2D eigenvalue weighted by Gasteiger charge is 2.32. The van der Waals surface area contributed by atoms with Gasteiger partial charge in [-0.05, 0) is 47.0 Å². The molecule has 6 nitrogen and oxygen atoms in total. The molecule has 4 rings (SSSR count). The average Bonchev–Trinajstić information content (AvgIpc) is 3.11. The second-order valence-corrected chi connectivity index (χ2v) is 9.18. The number of carbonyl (C=O) groups is 3. The van der Waals surface area contributed by atoms with Crippen molar-refractivity contribution in [3.63, 3.8) is 0 Å². The number of hydrogen-bond acceptors (Lipinski definition) is 5. The fraction of sp³-hybridized carbons (Fsp3) is 0.0769. The van der Waals surface area contributed by atoms with E-state index in [1.165, 1.54) is 40.9 Å². The number of hydrogen-bond donors (Lipinski definition) is 2. The van der Waals surface area contributed by atoms with Crippen molar-refractivity contribution in [1.29, 1.82) is 0 Å². The number of rotatable bonds is 7. The summed E-state index contributed by atoms with van der Waals surface area (Å²) in [5, 5.41) is 11.6. The topological polar surface area (TPSA) is 86.7 Å². The molecular formula is C26H20N2O4S2. The molecule has 8 heteroatoms. The molecule has 0 aromatic heterocycles. The molecule has 3 aromatic rings. The van der Waals surface area contributed by atoms with Crippen LogP contribution < -0.4 is 5.32 Å². The van der Waals surface area contributed by atoms with E-state index < -0.39 is 5.97 Å². The van der Waals surface area contributed by atoms with Crippen LogP contribution in [0.3, 0.4) is 0 Å². The summed E-state index contributed by atoms with van der Waals surface area (Å²) >= 11 is 6.57. The molecule has 2 N–H and O–H groups in total. The molecule has 0 bridgehead atoms. The lowest BCUT2D eigenvalue weighted by Crippen LogP contribution is -2.31. The summed E-state index contributed by atoms with van der Waals surface area (Å²) in [5.41, 5.74) is 3.73. The van der Waals surface area contributed by atoms with Gasteiger partial charge in [0.15, 0.2) is 0 Å². The number of thiocarbonyl (C=S) groups is 1. The van der Waals surface area contributed by atoms with Gasteiger partial charge in [-0.1, -0.05) is 78.6 Å². The molecule has 1 saturated heterocycles. The first kappa shape index (κ1) is 23.4. The van der Waals surface area contributed by atoms with Gasteiger partial charge in [0.05, 0.1) is 10.5 Å². The number of benzene rings is 3. The van der Waals surface area contributed by atoms with Crippen LogP contribution in [0.15, 0.2) is 83.8 Å². The summed E-state index contributed by atoms with van der Waals surface area (Å²) in [6, 6.07) is 23.8. The molecule has 0 spiro atoms. The number of carbonyl (C=O) groups excluding carboxylic acids is 2. The van der Waals surface area contributed by atoms with Crippen molar-refractivity contribution >= 4 is 57.8 Å². The third-order valence-corrected chi connectivity index (χ3v) is 6.55. The van der Waals surface area contributed by atoms with E-state index in [-0.39, 0.29) is 30.3 Å². The number of aromatic carboxylic acids is 1. The Morgan fingerprint density at radius 3 is 2.24 bits per heavy atom. The summed E-state index contributed by atoms with van der Waals surface area (Å²) in [6.07, 6.45) is 1.87. The van der Waals surface area contributed by atoms with E-state index in [1.807, 2.05) is 54.6 Å². The molecule has 0 aliphatic carbocycles. The Balaban J connectivity index is 1.35. The molecule has 170 valence electrons. The van der Waals surface area contributed by atoms with Gasteiger partial charge in [0.1, 0.15) is 4.32 Å². The third kappa shape index (κ3) is 5.59. The number of anilines is 1. The van der Waals surface area contributed by atoms with Crippen LogP contribution in [0.25, 0.3) is 17.2 Å². The SMILES string of the molecule is O=C(CCN1C(=O)/C(=C/c2ccc(-c3ccccc3)cc2)SC1=S)Nc1ccc(C(=O)O)cc1. The number of carboxylic acids is 1. The van der Waals surface area contributed by atoms with Crippen molar-refractivity contribution in [2.24, 2.45) is 0 Å². The van der Waals surface area contributed by atoms with Crippen molar-refractivity contribution < 1.29 is 19.5 Å². The van der Waals surface area contributed by atoms with E-state index >= 15 is 0 Å². The van der Waals surface area contributed by atoms with E-state index in [2.05, 4.69) is 5.32 Å². The Morgan fingerprint density at radius 1 is 0.941 bits per heavy atom. The molecule has 1 aliphatic heterocycles. The Bertz CT molecular complexity index is 1270. The highest BCUT2D eigenvalue weighted by Crippen LogP contribution is 2.33. The largest absolute Gasteiger partial charge is 0.478 e. The zero-order valence-corrected chi connectivity index (χ0v) is 19.6. The van der Waals surface area contributed by atoms with Gasteiger partial charge >= 0.3 is 5.97 Å². The van der Waals surface area contributed by atoms with Crippen molar-refractivity contribution in [2.75, 3.05) is 11.9 Å². The molecule has 0 atom stereocenters. The standard InChI is InChI=1S/C26H20N2O4S2/c29-23(27-21-12-10-20(11-13-21)25(31)32)14-15-28-24(30)22(34-26(28)33)16-17-6-8-19(9-7-17)18-4-2-1-3-5-18/h1-13,16H,14-15H2,(H,27,29)(H,31,32)/b22-16-. The Morgan fingerprint density at radius 2 is 1.59 bits per heavy atom. The Labute approximate surface area is 206 Å². The van der Waals surface area contributed by atoms with Crippen LogP contribution in [0.1, 0.15) is 22.3 Å². The predicted molar refractivity (Wildman–Crippen MR) is 138 cm³/mol. The number of carboxylic acid groups (broad SMARTS) is 1. The van der Waals surface area contributed by atoms with Crippen LogP contribution in [-0.2, 0) is 9.59 Å². The van der Waals surface area contributed by atoms with E-state index in [9.17, 15) is 14.4 Å². The quantitative estimate of drug-likeness (QED) is 0.348. The maximum atomic E-state index is 12.8. The Hall–Kier alpha value is -3.75. The van der Waals surface area contributed by atoms with E-state index in [4.69, 9.17) is 17.3 Å². The van der Waals surface area contributed by atoms with Gasteiger partial charge in [0.25, 0.3) is 5.91 Å². The van der Waals surface area contributed by atoms with E-state index in [0.717, 1.165) is 16.7 Å². The number of nitrogens with one attached hydrogen (secondary N) is 1. The van der Waals surface area contributed by atoms with Gasteiger partial charge in [0, 0.05) is 18.7 Å². The van der Waals surface area contributed by atoms with E-state index in [1.54, 1.807) is 6.08 Å². The van der Waals surface area contributed by atoms with E-state index in [0.29, 0.717) is 14.9 Å². The minimum Gasteiger partial charge on any atom is -0.478 e. The second-order valence-electron chi connectivity index (χ2n) is 7.50. The molecule has 2 amide bonds. The fourth-order valence-electron chi connectivity index (χ4n) is 3.38. The van der Waals surface area contributed by atoms with Gasteiger partial charge in [0.2, 0.25) is 5.91 Å². The lowest BCUT2D eigenvalue weighted by atomic mass is 10.0. The fourth-order valence-corrected chi connectivity index (χ4v) is 4.69. The van der Waals surface area contributed by atoms with Crippen LogP contribution in [0.5, 0.6) is 0 Å². The van der Waals surface area contributed by atoms with Crippen molar-refractivity contribution in [2.45, 2.75) is 6.42 Å². The van der Waals surface area contributed by atoms with Crippen molar-refractivity contribution in [1.82, 2.24) is 4.90 Å². The lowest BCUT2D eigenvalue weighted by molar-refractivity contribution is -0.122. The number of nitrogens with zero attached hydrogens (tertiary/aromatic N) is 1. The average molecular weight is 489 g/mol. The maximum Gasteiger partial charge on any atom is 0.335 e. The first-order valence-electron chi connectivity index (χ1n) is 10.4. The van der Waals surface area contributed by atoms with Crippen LogP contribution in [0.2, 0.25) is 0 Å². The summed E-state index contributed by atoms with van der Waals surface area (Å²) in [6.45, 7) is 0.161. The zero-order chi connectivity index (χ0) is 24.1. The van der Waals surface area contributed by atoms with Gasteiger partial charge in [-0.25, -0.2) is 4.79 Å². The summed E-state index contributed by atoms with van der Waals surface area (Å²) in [4.78, 5) is 38.0. The monoisotopic (exact) mass is 488 g/mol. The smallest absolute Gasteiger partial charge is 0.335 e. The summed E-state index contributed by atoms with van der Waals surface area (Å²) < 4.78 is 0.413. The molecule has 0 radical (unpaired) electrons. The molecule has 34 heavy (non-hydrogen) atoms. The lowest BCUT2D eigenvalue weighted by Gasteiger charge is -2.14. The first-order chi connectivity index (χ1) is 16.4. The first-order valence-corrected chi connectivity index (χ1v) is 11.7. The molecular weight excluding hydrogens is 468 g/mol. The molecule has 0 saturated carbocycles. The molecule has 1 heterocycles. The number of amides is 2. The summed E-state index contributed by atoms with van der Waals surface area (Å²) in [5.74, 6) is -1.55. The predicted octanol–water partition coefficient (Wildman–Crippen LogP) is 5.28. The maximum absolute atomic E-state index is 12.8. The van der Waals surface area contributed by atoms with Crippen LogP contribution >= 0.6 is 24.0 Å². The normalized spacial score (nSPS) is 14.5.